The molecule has 3 nitrogen and oxygen atoms in total. The third kappa shape index (κ3) is 3.62. The summed E-state index contributed by atoms with van der Waals surface area (Å²) in [6.07, 6.45) is 6.09. The van der Waals surface area contributed by atoms with Crippen LogP contribution in [0.15, 0.2) is 18.3 Å². The van der Waals surface area contributed by atoms with Gasteiger partial charge in [-0.05, 0) is 45.2 Å². The molecule has 0 radical (unpaired) electrons. The lowest BCUT2D eigenvalue weighted by Gasteiger charge is -2.20. The van der Waals surface area contributed by atoms with Gasteiger partial charge < -0.3 is 10.2 Å². The Balaban J connectivity index is 1.89. The zero-order valence-electron chi connectivity index (χ0n) is 11.8. The predicted octanol–water partition coefficient (Wildman–Crippen LogP) is 3.53. The monoisotopic (exact) mass is 247 g/mol. The van der Waals surface area contributed by atoms with Gasteiger partial charge in [0.25, 0.3) is 0 Å². The van der Waals surface area contributed by atoms with E-state index in [1.54, 1.807) is 0 Å². The Bertz CT molecular complexity index is 353. The molecule has 2 rings (SSSR count). The van der Waals surface area contributed by atoms with Gasteiger partial charge in [-0.25, -0.2) is 4.98 Å². The molecule has 1 N–H and O–H groups in total. The van der Waals surface area contributed by atoms with Crippen LogP contribution in [0.25, 0.3) is 0 Å². The highest BCUT2D eigenvalue weighted by Gasteiger charge is 2.23. The van der Waals surface area contributed by atoms with Crippen LogP contribution in [0.1, 0.15) is 40.0 Å². The molecule has 1 saturated carbocycles. The molecular weight excluding hydrogens is 222 g/mol. The summed E-state index contributed by atoms with van der Waals surface area (Å²) in [5.41, 5.74) is 1.14. The summed E-state index contributed by atoms with van der Waals surface area (Å²) in [5.74, 6) is 2.04. The molecule has 18 heavy (non-hydrogen) atoms. The van der Waals surface area contributed by atoms with Gasteiger partial charge in [-0.3, -0.25) is 0 Å². The molecule has 0 aromatic carbocycles. The highest BCUT2D eigenvalue weighted by atomic mass is 15.2. The number of nitrogens with one attached hydrogen (secondary N) is 1. The van der Waals surface area contributed by atoms with Crippen LogP contribution in [0.5, 0.6) is 0 Å². The SMILES string of the molecule is CCN(CC)c1ccc(NC(C)CC2CC2)cn1. The van der Waals surface area contributed by atoms with Crippen LogP contribution in [0.3, 0.4) is 0 Å². The number of nitrogens with zero attached hydrogens (tertiary/aromatic N) is 2. The van der Waals surface area contributed by atoms with Crippen molar-refractivity contribution >= 4 is 11.5 Å². The fourth-order valence-electron chi connectivity index (χ4n) is 2.40. The summed E-state index contributed by atoms with van der Waals surface area (Å²) in [4.78, 5) is 6.79. The van der Waals surface area contributed by atoms with E-state index >= 15 is 0 Å². The van der Waals surface area contributed by atoms with Gasteiger partial charge >= 0.3 is 0 Å². The van der Waals surface area contributed by atoms with E-state index in [4.69, 9.17) is 0 Å². The first-order valence-electron chi connectivity index (χ1n) is 7.20. The molecule has 0 bridgehead atoms. The van der Waals surface area contributed by atoms with E-state index in [1.807, 2.05) is 6.20 Å². The molecule has 1 aromatic rings. The molecule has 3 heteroatoms. The van der Waals surface area contributed by atoms with Crippen molar-refractivity contribution < 1.29 is 0 Å². The summed E-state index contributed by atoms with van der Waals surface area (Å²) >= 11 is 0. The zero-order valence-corrected chi connectivity index (χ0v) is 11.8. The zero-order chi connectivity index (χ0) is 13.0. The molecule has 0 spiro atoms. The van der Waals surface area contributed by atoms with E-state index < -0.39 is 0 Å². The average Bonchev–Trinajstić information content (AvgIpc) is 3.16. The Morgan fingerprint density at radius 3 is 2.56 bits per heavy atom. The van der Waals surface area contributed by atoms with Crippen molar-refractivity contribution in [1.29, 1.82) is 0 Å². The standard InChI is InChI=1S/C15H25N3/c1-4-18(5-2)15-9-8-14(11-16-15)17-12(3)10-13-6-7-13/h8-9,11-13,17H,4-7,10H2,1-3H3. The predicted molar refractivity (Wildman–Crippen MR) is 78.2 cm³/mol. The summed E-state index contributed by atoms with van der Waals surface area (Å²) < 4.78 is 0. The van der Waals surface area contributed by atoms with Gasteiger partial charge in [0.2, 0.25) is 0 Å². The molecule has 1 unspecified atom stereocenters. The van der Waals surface area contributed by atoms with Gasteiger partial charge in [0, 0.05) is 19.1 Å². The molecule has 1 atom stereocenters. The molecule has 1 fully saturated rings. The lowest BCUT2D eigenvalue weighted by molar-refractivity contribution is 0.642. The van der Waals surface area contributed by atoms with Gasteiger partial charge in [0.1, 0.15) is 5.82 Å². The third-order valence-electron chi connectivity index (χ3n) is 3.63. The highest BCUT2D eigenvalue weighted by molar-refractivity contribution is 5.48. The second kappa shape index (κ2) is 6.07. The van der Waals surface area contributed by atoms with Crippen LogP contribution < -0.4 is 10.2 Å². The maximum atomic E-state index is 4.53. The summed E-state index contributed by atoms with van der Waals surface area (Å²) in [5, 5.41) is 3.53. The molecule has 1 heterocycles. The smallest absolute Gasteiger partial charge is 0.128 e. The molecule has 1 aliphatic carbocycles. The second-order valence-corrected chi connectivity index (χ2v) is 5.30. The number of hydrogen-bond donors (Lipinski definition) is 1. The highest BCUT2D eigenvalue weighted by Crippen LogP contribution is 2.34. The van der Waals surface area contributed by atoms with Crippen molar-refractivity contribution in [3.05, 3.63) is 18.3 Å². The Morgan fingerprint density at radius 2 is 2.06 bits per heavy atom. The quantitative estimate of drug-likeness (QED) is 0.799. The van der Waals surface area contributed by atoms with Crippen LogP contribution in [0, 0.1) is 5.92 Å². The van der Waals surface area contributed by atoms with E-state index in [9.17, 15) is 0 Å². The van der Waals surface area contributed by atoms with Crippen molar-refractivity contribution in [3.8, 4) is 0 Å². The van der Waals surface area contributed by atoms with Crippen LogP contribution in [0.4, 0.5) is 11.5 Å². The number of pyridine rings is 1. The van der Waals surface area contributed by atoms with E-state index in [0.717, 1.165) is 30.5 Å². The largest absolute Gasteiger partial charge is 0.381 e. The van der Waals surface area contributed by atoms with Crippen molar-refractivity contribution in [2.45, 2.75) is 46.1 Å². The Morgan fingerprint density at radius 1 is 1.33 bits per heavy atom. The lowest BCUT2D eigenvalue weighted by Crippen LogP contribution is -2.23. The van der Waals surface area contributed by atoms with E-state index in [2.05, 4.69) is 48.1 Å². The minimum atomic E-state index is 0.554. The molecule has 0 saturated heterocycles. The topological polar surface area (TPSA) is 28.2 Å². The summed E-state index contributed by atoms with van der Waals surface area (Å²) in [6.45, 7) is 8.60. The first-order valence-corrected chi connectivity index (χ1v) is 7.20. The van der Waals surface area contributed by atoms with Crippen LogP contribution in [-0.2, 0) is 0 Å². The molecule has 0 aliphatic heterocycles. The molecule has 100 valence electrons. The van der Waals surface area contributed by atoms with Crippen molar-refractivity contribution in [3.63, 3.8) is 0 Å². The van der Waals surface area contributed by atoms with Gasteiger partial charge in [-0.2, -0.15) is 0 Å². The molecule has 1 aliphatic rings. The molecular formula is C15H25N3. The maximum absolute atomic E-state index is 4.53. The third-order valence-corrected chi connectivity index (χ3v) is 3.63. The number of hydrogen-bond acceptors (Lipinski definition) is 3. The van der Waals surface area contributed by atoms with Crippen LogP contribution in [-0.4, -0.2) is 24.1 Å². The van der Waals surface area contributed by atoms with Crippen molar-refractivity contribution in [2.75, 3.05) is 23.3 Å². The lowest BCUT2D eigenvalue weighted by atomic mass is 10.1. The van der Waals surface area contributed by atoms with E-state index in [1.165, 1.54) is 19.3 Å². The minimum absolute atomic E-state index is 0.554. The Kier molecular flexibility index (Phi) is 4.45. The fraction of sp³-hybridized carbons (Fsp3) is 0.667. The molecule has 1 aromatic heterocycles. The van der Waals surface area contributed by atoms with Crippen molar-refractivity contribution in [2.24, 2.45) is 5.92 Å². The first-order chi connectivity index (χ1) is 8.72. The second-order valence-electron chi connectivity index (χ2n) is 5.30. The van der Waals surface area contributed by atoms with E-state index in [-0.39, 0.29) is 0 Å². The normalized spacial score (nSPS) is 16.4. The summed E-state index contributed by atoms with van der Waals surface area (Å²) in [7, 11) is 0. The van der Waals surface area contributed by atoms with Gasteiger partial charge in [0.05, 0.1) is 11.9 Å². The number of aromatic nitrogens is 1. The van der Waals surface area contributed by atoms with Gasteiger partial charge in [-0.15, -0.1) is 0 Å². The van der Waals surface area contributed by atoms with Crippen LogP contribution in [0.2, 0.25) is 0 Å². The number of anilines is 2. The van der Waals surface area contributed by atoms with Gasteiger partial charge in [0.15, 0.2) is 0 Å². The molecule has 0 amide bonds. The van der Waals surface area contributed by atoms with Gasteiger partial charge in [-0.1, -0.05) is 12.8 Å². The minimum Gasteiger partial charge on any atom is -0.381 e. The fourth-order valence-corrected chi connectivity index (χ4v) is 2.40. The van der Waals surface area contributed by atoms with Crippen LogP contribution >= 0.6 is 0 Å². The number of rotatable bonds is 7. The Labute approximate surface area is 111 Å². The van der Waals surface area contributed by atoms with E-state index in [0.29, 0.717) is 6.04 Å². The maximum Gasteiger partial charge on any atom is 0.128 e. The summed E-state index contributed by atoms with van der Waals surface area (Å²) in [6, 6.07) is 4.81. The van der Waals surface area contributed by atoms with Crippen molar-refractivity contribution in [1.82, 2.24) is 4.98 Å². The average molecular weight is 247 g/mol. The first kappa shape index (κ1) is 13.2. The Hall–Kier alpha value is -1.25.